The summed E-state index contributed by atoms with van der Waals surface area (Å²) in [5, 5.41) is 13.0. The van der Waals surface area contributed by atoms with Gasteiger partial charge in [-0.25, -0.2) is 0 Å². The van der Waals surface area contributed by atoms with Gasteiger partial charge in [-0.15, -0.1) is 0 Å². The van der Waals surface area contributed by atoms with Crippen molar-refractivity contribution in [3.8, 4) is 5.75 Å². The molecule has 0 spiro atoms. The Balaban J connectivity index is 1.38. The van der Waals surface area contributed by atoms with Gasteiger partial charge in [0.05, 0.1) is 5.92 Å². The molecule has 1 aromatic rings. The van der Waals surface area contributed by atoms with E-state index in [1.165, 1.54) is 12.0 Å². The third-order valence-corrected chi connectivity index (χ3v) is 5.50. The lowest BCUT2D eigenvalue weighted by atomic mass is 9.84. The maximum absolute atomic E-state index is 11.5. The number of fused-ring (bicyclic) bond motifs is 3. The quantitative estimate of drug-likeness (QED) is 0.890. The zero-order valence-electron chi connectivity index (χ0n) is 12.0. The highest BCUT2D eigenvalue weighted by atomic mass is 16.5. The van der Waals surface area contributed by atoms with E-state index >= 15 is 0 Å². The number of nitrogens with one attached hydrogen (secondary N) is 1. The Bertz CT molecular complexity index is 534. The first-order valence-electron chi connectivity index (χ1n) is 7.93. The molecule has 2 saturated carbocycles. The highest BCUT2D eigenvalue weighted by molar-refractivity contribution is 5.72. The Labute approximate surface area is 124 Å². The number of hydrogen-bond acceptors (Lipinski definition) is 3. The van der Waals surface area contributed by atoms with Crippen molar-refractivity contribution in [1.82, 2.24) is 5.32 Å². The standard InChI is InChI=1S/C17H21NO3/c19-17(20)15-11-5-6-12(7-11)16(15)18-9-13-8-10-3-1-2-4-14(10)21-13/h1-4,11-13,15-16,18H,5-9H2,(H,19,20). The fraction of sp³-hybridized carbons (Fsp3) is 0.588. The average molecular weight is 287 g/mol. The van der Waals surface area contributed by atoms with Crippen LogP contribution >= 0.6 is 0 Å². The normalized spacial score (nSPS) is 36.5. The summed E-state index contributed by atoms with van der Waals surface area (Å²) in [5.74, 6) is 1.07. The van der Waals surface area contributed by atoms with E-state index in [2.05, 4.69) is 11.4 Å². The van der Waals surface area contributed by atoms with Gasteiger partial charge in [-0.2, -0.15) is 0 Å². The predicted octanol–water partition coefficient (Wildman–Crippen LogP) is 2.08. The van der Waals surface area contributed by atoms with Crippen molar-refractivity contribution in [3.63, 3.8) is 0 Å². The zero-order chi connectivity index (χ0) is 14.4. The smallest absolute Gasteiger partial charge is 0.308 e. The second-order valence-electron chi connectivity index (χ2n) is 6.68. The second kappa shape index (κ2) is 5.02. The van der Waals surface area contributed by atoms with Crippen molar-refractivity contribution in [2.24, 2.45) is 17.8 Å². The Morgan fingerprint density at radius 3 is 2.90 bits per heavy atom. The van der Waals surface area contributed by atoms with Crippen molar-refractivity contribution < 1.29 is 14.6 Å². The molecule has 3 aliphatic rings. The summed E-state index contributed by atoms with van der Waals surface area (Å²) >= 11 is 0. The Kier molecular flexibility index (Phi) is 3.14. The van der Waals surface area contributed by atoms with E-state index in [-0.39, 0.29) is 18.1 Å². The topological polar surface area (TPSA) is 58.6 Å². The summed E-state index contributed by atoms with van der Waals surface area (Å²) in [6, 6.07) is 8.27. The number of carboxylic acid groups (broad SMARTS) is 1. The van der Waals surface area contributed by atoms with Crippen LogP contribution in [0.3, 0.4) is 0 Å². The maximum Gasteiger partial charge on any atom is 0.308 e. The first kappa shape index (κ1) is 13.1. The van der Waals surface area contributed by atoms with Crippen LogP contribution in [0, 0.1) is 17.8 Å². The van der Waals surface area contributed by atoms with Crippen LogP contribution in [0.1, 0.15) is 24.8 Å². The van der Waals surface area contributed by atoms with E-state index in [1.54, 1.807) is 0 Å². The number of para-hydroxylation sites is 1. The largest absolute Gasteiger partial charge is 0.488 e. The lowest BCUT2D eigenvalue weighted by molar-refractivity contribution is -0.144. The van der Waals surface area contributed by atoms with Gasteiger partial charge in [-0.1, -0.05) is 18.2 Å². The number of ether oxygens (including phenoxy) is 1. The molecule has 0 aromatic heterocycles. The van der Waals surface area contributed by atoms with Gasteiger partial charge < -0.3 is 15.2 Å². The summed E-state index contributed by atoms with van der Waals surface area (Å²) in [7, 11) is 0. The van der Waals surface area contributed by atoms with E-state index in [9.17, 15) is 9.90 Å². The zero-order valence-corrected chi connectivity index (χ0v) is 12.0. The molecule has 0 amide bonds. The first-order valence-corrected chi connectivity index (χ1v) is 7.93. The highest BCUT2D eigenvalue weighted by Crippen LogP contribution is 2.48. The van der Waals surface area contributed by atoms with E-state index in [1.807, 2.05) is 18.2 Å². The molecular formula is C17H21NO3. The molecule has 1 aliphatic heterocycles. The highest BCUT2D eigenvalue weighted by Gasteiger charge is 2.50. The van der Waals surface area contributed by atoms with Gasteiger partial charge in [0, 0.05) is 19.0 Å². The van der Waals surface area contributed by atoms with Crippen LogP contribution in [0.2, 0.25) is 0 Å². The maximum atomic E-state index is 11.5. The van der Waals surface area contributed by atoms with Crippen molar-refractivity contribution in [2.45, 2.75) is 37.8 Å². The molecule has 112 valence electrons. The summed E-state index contributed by atoms with van der Waals surface area (Å²) in [6.07, 6.45) is 4.40. The fourth-order valence-corrected chi connectivity index (χ4v) is 4.58. The van der Waals surface area contributed by atoms with Gasteiger partial charge in [0.15, 0.2) is 0 Å². The van der Waals surface area contributed by atoms with Gasteiger partial charge in [-0.05, 0) is 42.7 Å². The minimum absolute atomic E-state index is 0.133. The van der Waals surface area contributed by atoms with Crippen LogP contribution in [0.5, 0.6) is 5.75 Å². The van der Waals surface area contributed by atoms with Gasteiger partial charge >= 0.3 is 5.97 Å². The SMILES string of the molecule is O=C(O)C1C2CCC(C2)C1NCC1Cc2ccccc2O1. The first-order chi connectivity index (χ1) is 10.2. The van der Waals surface area contributed by atoms with Crippen molar-refractivity contribution in [2.75, 3.05) is 6.54 Å². The molecule has 4 heteroatoms. The van der Waals surface area contributed by atoms with Crippen LogP contribution in [0.4, 0.5) is 0 Å². The van der Waals surface area contributed by atoms with Gasteiger partial charge in [0.25, 0.3) is 0 Å². The lowest BCUT2D eigenvalue weighted by Crippen LogP contribution is -2.47. The summed E-state index contributed by atoms with van der Waals surface area (Å²) in [5.41, 5.74) is 1.26. The minimum atomic E-state index is -0.629. The number of hydrogen-bond donors (Lipinski definition) is 2. The molecule has 0 saturated heterocycles. The van der Waals surface area contributed by atoms with E-state index in [0.29, 0.717) is 11.8 Å². The molecule has 5 atom stereocenters. The number of benzene rings is 1. The molecule has 2 bridgehead atoms. The van der Waals surface area contributed by atoms with Crippen molar-refractivity contribution in [1.29, 1.82) is 0 Å². The summed E-state index contributed by atoms with van der Waals surface area (Å²) in [4.78, 5) is 11.5. The third-order valence-electron chi connectivity index (χ3n) is 5.50. The second-order valence-corrected chi connectivity index (χ2v) is 6.68. The lowest BCUT2D eigenvalue weighted by Gasteiger charge is -2.29. The molecule has 0 radical (unpaired) electrons. The molecule has 4 rings (SSSR count). The van der Waals surface area contributed by atoms with E-state index < -0.39 is 5.97 Å². The molecule has 1 aromatic carbocycles. The number of carbonyl (C=O) groups is 1. The Morgan fingerprint density at radius 1 is 1.29 bits per heavy atom. The van der Waals surface area contributed by atoms with Crippen LogP contribution in [-0.4, -0.2) is 29.8 Å². The molecule has 2 N–H and O–H groups in total. The number of carboxylic acids is 1. The van der Waals surface area contributed by atoms with E-state index in [4.69, 9.17) is 4.74 Å². The molecule has 21 heavy (non-hydrogen) atoms. The monoisotopic (exact) mass is 287 g/mol. The molecule has 4 nitrogen and oxygen atoms in total. The van der Waals surface area contributed by atoms with Crippen LogP contribution in [-0.2, 0) is 11.2 Å². The van der Waals surface area contributed by atoms with Crippen LogP contribution < -0.4 is 10.1 Å². The predicted molar refractivity (Wildman–Crippen MR) is 78.3 cm³/mol. The Morgan fingerprint density at radius 2 is 2.10 bits per heavy atom. The molecule has 1 heterocycles. The summed E-state index contributed by atoms with van der Waals surface area (Å²) < 4.78 is 5.93. The van der Waals surface area contributed by atoms with Gasteiger partial charge in [0.2, 0.25) is 0 Å². The minimum Gasteiger partial charge on any atom is -0.488 e. The average Bonchev–Trinajstić information content (AvgIpc) is 3.17. The van der Waals surface area contributed by atoms with Gasteiger partial charge in [0.1, 0.15) is 11.9 Å². The third kappa shape index (κ3) is 2.22. The molecular weight excluding hydrogens is 266 g/mol. The summed E-state index contributed by atoms with van der Waals surface area (Å²) in [6.45, 7) is 0.742. The Hall–Kier alpha value is -1.55. The van der Waals surface area contributed by atoms with Crippen LogP contribution in [0.15, 0.2) is 24.3 Å². The van der Waals surface area contributed by atoms with Gasteiger partial charge in [-0.3, -0.25) is 4.79 Å². The van der Waals surface area contributed by atoms with Crippen LogP contribution in [0.25, 0.3) is 0 Å². The fourth-order valence-electron chi connectivity index (χ4n) is 4.58. The van der Waals surface area contributed by atoms with Crippen molar-refractivity contribution >= 4 is 5.97 Å². The number of rotatable bonds is 4. The van der Waals surface area contributed by atoms with E-state index in [0.717, 1.165) is 31.6 Å². The number of aliphatic carboxylic acids is 1. The van der Waals surface area contributed by atoms with Crippen molar-refractivity contribution in [3.05, 3.63) is 29.8 Å². The molecule has 5 unspecified atom stereocenters. The molecule has 2 aliphatic carbocycles. The molecule has 2 fully saturated rings.